The number of nitrogens with two attached hydrogens (primary N) is 1. The number of aromatic amines is 1. The number of aromatic nitrogens is 3. The van der Waals surface area contributed by atoms with E-state index in [1.54, 1.807) is 12.4 Å². The van der Waals surface area contributed by atoms with Gasteiger partial charge >= 0.3 is 0 Å². The van der Waals surface area contributed by atoms with Crippen LogP contribution in [0.4, 0.5) is 5.82 Å². The van der Waals surface area contributed by atoms with Gasteiger partial charge in [-0.2, -0.15) is 0 Å². The minimum Gasteiger partial charge on any atom is -0.384 e. The number of nitrogens with one attached hydrogen (secondary N) is 2. The Balaban J connectivity index is 2.07. The predicted octanol–water partition coefficient (Wildman–Crippen LogP) is 1.08. The second-order valence-electron chi connectivity index (χ2n) is 3.31. The van der Waals surface area contributed by atoms with Crippen LogP contribution in [-0.4, -0.2) is 20.9 Å². The molecule has 0 unspecified atom stereocenters. The number of hydrogen-bond donors (Lipinski definition) is 3. The number of H-pyrrole nitrogens is 1. The molecule has 0 spiro atoms. The zero-order valence-electron chi connectivity index (χ0n) is 8.77. The van der Waals surface area contributed by atoms with E-state index in [-0.39, 0.29) is 5.91 Å². The molecule has 6 nitrogen and oxygen atoms in total. The highest BCUT2D eigenvalue weighted by Crippen LogP contribution is 2.17. The first kappa shape index (κ1) is 11.6. The molecule has 4 N–H and O–H groups in total. The van der Waals surface area contributed by atoms with Gasteiger partial charge in [0.1, 0.15) is 11.6 Å². The van der Waals surface area contributed by atoms with E-state index in [9.17, 15) is 4.79 Å². The summed E-state index contributed by atoms with van der Waals surface area (Å²) in [6, 6.07) is 1.52. The van der Waals surface area contributed by atoms with Crippen molar-refractivity contribution in [1.82, 2.24) is 20.3 Å². The van der Waals surface area contributed by atoms with Gasteiger partial charge in [0.05, 0.1) is 12.1 Å². The molecule has 1 amide bonds. The first-order valence-electron chi connectivity index (χ1n) is 4.84. The second kappa shape index (κ2) is 4.96. The lowest BCUT2D eigenvalue weighted by Crippen LogP contribution is -2.24. The fraction of sp³-hybridized carbons (Fsp3) is 0.100. The first-order valence-corrected chi connectivity index (χ1v) is 5.63. The fourth-order valence-corrected chi connectivity index (χ4v) is 1.68. The van der Waals surface area contributed by atoms with Gasteiger partial charge in [-0.15, -0.1) is 0 Å². The minimum absolute atomic E-state index is 0.234. The van der Waals surface area contributed by atoms with Crippen LogP contribution in [0.25, 0.3) is 0 Å². The number of pyridine rings is 1. The fourth-order valence-electron chi connectivity index (χ4n) is 1.28. The number of halogens is 1. The van der Waals surface area contributed by atoms with Crippen molar-refractivity contribution >= 4 is 27.7 Å². The summed E-state index contributed by atoms with van der Waals surface area (Å²) in [6.45, 7) is 0.334. The van der Waals surface area contributed by atoms with Gasteiger partial charge < -0.3 is 16.0 Å². The Labute approximate surface area is 106 Å². The summed E-state index contributed by atoms with van der Waals surface area (Å²) in [5.74, 6) is 0.759. The van der Waals surface area contributed by atoms with Crippen molar-refractivity contribution in [3.63, 3.8) is 0 Å². The van der Waals surface area contributed by atoms with Crippen LogP contribution >= 0.6 is 15.9 Å². The Kier molecular flexibility index (Phi) is 3.38. The van der Waals surface area contributed by atoms with Gasteiger partial charge in [0.2, 0.25) is 0 Å². The molecule has 0 aliphatic heterocycles. The largest absolute Gasteiger partial charge is 0.384 e. The normalized spacial score (nSPS) is 10.2. The maximum absolute atomic E-state index is 11.8. The van der Waals surface area contributed by atoms with Crippen molar-refractivity contribution in [2.75, 3.05) is 5.73 Å². The molecule has 0 aliphatic carbocycles. The molecule has 17 heavy (non-hydrogen) atoms. The number of imidazole rings is 1. The lowest BCUT2D eigenvalue weighted by atomic mass is 10.2. The van der Waals surface area contributed by atoms with Crippen LogP contribution in [0.3, 0.4) is 0 Å². The van der Waals surface area contributed by atoms with Crippen LogP contribution in [0.15, 0.2) is 29.1 Å². The van der Waals surface area contributed by atoms with Crippen molar-refractivity contribution in [3.8, 4) is 0 Å². The molecule has 0 aromatic carbocycles. The lowest BCUT2D eigenvalue weighted by molar-refractivity contribution is 0.0949. The van der Waals surface area contributed by atoms with E-state index in [0.717, 1.165) is 0 Å². The van der Waals surface area contributed by atoms with Crippen molar-refractivity contribution in [2.24, 2.45) is 0 Å². The van der Waals surface area contributed by atoms with Gasteiger partial charge in [0.25, 0.3) is 5.91 Å². The summed E-state index contributed by atoms with van der Waals surface area (Å²) in [7, 11) is 0. The summed E-state index contributed by atoms with van der Waals surface area (Å²) in [6.07, 6.45) is 4.82. The van der Waals surface area contributed by atoms with E-state index < -0.39 is 0 Å². The monoisotopic (exact) mass is 295 g/mol. The number of nitrogens with zero attached hydrogens (tertiary/aromatic N) is 2. The van der Waals surface area contributed by atoms with E-state index in [0.29, 0.717) is 28.2 Å². The molecule has 0 aliphatic rings. The molecule has 2 aromatic rings. The second-order valence-corrected chi connectivity index (χ2v) is 4.16. The van der Waals surface area contributed by atoms with Gasteiger partial charge in [0.15, 0.2) is 0 Å². The van der Waals surface area contributed by atoms with Gasteiger partial charge in [-0.1, -0.05) is 0 Å². The maximum Gasteiger partial charge on any atom is 0.252 e. The molecular formula is C10H10BrN5O. The first-order chi connectivity index (χ1) is 8.16. The number of amides is 1. The number of anilines is 1. The van der Waals surface area contributed by atoms with E-state index in [4.69, 9.17) is 5.73 Å². The smallest absolute Gasteiger partial charge is 0.252 e. The Bertz CT molecular complexity index is 525. The molecule has 0 saturated heterocycles. The summed E-state index contributed by atoms with van der Waals surface area (Å²) < 4.78 is 0.601. The van der Waals surface area contributed by atoms with E-state index in [1.165, 1.54) is 12.3 Å². The molecule has 88 valence electrons. The number of carbonyl (C=O) groups is 1. The Morgan fingerprint density at radius 1 is 1.53 bits per heavy atom. The van der Waals surface area contributed by atoms with Crippen LogP contribution < -0.4 is 11.1 Å². The molecule has 2 aromatic heterocycles. The van der Waals surface area contributed by atoms with Crippen LogP contribution in [-0.2, 0) is 6.54 Å². The standard InChI is InChI=1S/C10H10BrN5O/c11-7-4-15-8(12)3-6(7)10(17)16-5-9-13-1-2-14-9/h1-4H,5H2,(H2,12,15)(H,13,14)(H,16,17). The zero-order chi connectivity index (χ0) is 12.3. The van der Waals surface area contributed by atoms with E-state index in [1.807, 2.05) is 0 Å². The van der Waals surface area contributed by atoms with Gasteiger partial charge in [0, 0.05) is 23.1 Å². The average molecular weight is 296 g/mol. The highest BCUT2D eigenvalue weighted by Gasteiger charge is 2.11. The summed E-state index contributed by atoms with van der Waals surface area (Å²) in [5, 5.41) is 2.72. The minimum atomic E-state index is -0.234. The predicted molar refractivity (Wildman–Crippen MR) is 66.1 cm³/mol. The Morgan fingerprint density at radius 3 is 3.06 bits per heavy atom. The van der Waals surface area contributed by atoms with Crippen LogP contribution in [0.5, 0.6) is 0 Å². The summed E-state index contributed by atoms with van der Waals surface area (Å²) >= 11 is 3.25. The maximum atomic E-state index is 11.8. The summed E-state index contributed by atoms with van der Waals surface area (Å²) in [4.78, 5) is 22.6. The van der Waals surface area contributed by atoms with Gasteiger partial charge in [-0.05, 0) is 22.0 Å². The average Bonchev–Trinajstić information content (AvgIpc) is 2.82. The lowest BCUT2D eigenvalue weighted by Gasteiger charge is -2.05. The molecular weight excluding hydrogens is 286 g/mol. The SMILES string of the molecule is Nc1cc(C(=O)NCc2ncc[nH]2)c(Br)cn1. The van der Waals surface area contributed by atoms with Crippen molar-refractivity contribution in [1.29, 1.82) is 0 Å². The number of rotatable bonds is 3. The van der Waals surface area contributed by atoms with E-state index >= 15 is 0 Å². The van der Waals surface area contributed by atoms with Gasteiger partial charge in [-0.3, -0.25) is 4.79 Å². The molecule has 2 rings (SSSR count). The number of hydrogen-bond acceptors (Lipinski definition) is 4. The molecule has 0 bridgehead atoms. The van der Waals surface area contributed by atoms with Gasteiger partial charge in [-0.25, -0.2) is 9.97 Å². The topological polar surface area (TPSA) is 96.7 Å². The molecule has 0 fully saturated rings. The van der Waals surface area contributed by atoms with Crippen molar-refractivity contribution in [3.05, 3.63) is 40.5 Å². The van der Waals surface area contributed by atoms with E-state index in [2.05, 4.69) is 36.2 Å². The Hall–Kier alpha value is -1.89. The molecule has 2 heterocycles. The van der Waals surface area contributed by atoms with Crippen LogP contribution in [0.2, 0.25) is 0 Å². The van der Waals surface area contributed by atoms with Crippen LogP contribution in [0, 0.1) is 0 Å². The van der Waals surface area contributed by atoms with Crippen molar-refractivity contribution in [2.45, 2.75) is 6.54 Å². The van der Waals surface area contributed by atoms with Crippen molar-refractivity contribution < 1.29 is 4.79 Å². The quantitative estimate of drug-likeness (QED) is 0.789. The number of nitrogen functional groups attached to an aromatic ring is 1. The third kappa shape index (κ3) is 2.82. The third-order valence-corrected chi connectivity index (χ3v) is 2.72. The third-order valence-electron chi connectivity index (χ3n) is 2.09. The molecule has 0 saturated carbocycles. The highest BCUT2D eigenvalue weighted by molar-refractivity contribution is 9.10. The molecule has 0 radical (unpaired) electrons. The van der Waals surface area contributed by atoms with Crippen LogP contribution in [0.1, 0.15) is 16.2 Å². The highest BCUT2D eigenvalue weighted by atomic mass is 79.9. The molecule has 0 atom stereocenters. The summed E-state index contributed by atoms with van der Waals surface area (Å²) in [5.41, 5.74) is 5.97. The Morgan fingerprint density at radius 2 is 2.35 bits per heavy atom. The number of carbonyl (C=O) groups excluding carboxylic acids is 1. The molecule has 7 heteroatoms. The zero-order valence-corrected chi connectivity index (χ0v) is 10.4.